The Hall–Kier alpha value is -1.32. The zero-order valence-electron chi connectivity index (χ0n) is 6.21. The van der Waals surface area contributed by atoms with Gasteiger partial charge in [-0.05, 0) is 6.58 Å². The first-order valence-electron chi connectivity index (χ1n) is 3.01. The number of esters is 2. The third-order valence-electron chi connectivity index (χ3n) is 1.12. The van der Waals surface area contributed by atoms with Crippen LogP contribution in [-0.2, 0) is 19.1 Å². The Balaban J connectivity index is 2.87. The van der Waals surface area contributed by atoms with E-state index in [1.54, 1.807) is 0 Å². The van der Waals surface area contributed by atoms with Gasteiger partial charge in [0.25, 0.3) is 5.79 Å². The van der Waals surface area contributed by atoms with Gasteiger partial charge in [-0.1, -0.05) is 0 Å². The molecule has 0 spiro atoms. The van der Waals surface area contributed by atoms with Crippen molar-refractivity contribution in [1.29, 1.82) is 0 Å². The quantitative estimate of drug-likeness (QED) is 0.284. The molecule has 0 aromatic carbocycles. The lowest BCUT2D eigenvalue weighted by Crippen LogP contribution is -2.41. The predicted molar refractivity (Wildman–Crippen MR) is 34.1 cm³/mol. The minimum absolute atomic E-state index is 0.510. The van der Waals surface area contributed by atoms with E-state index in [9.17, 15) is 9.59 Å². The van der Waals surface area contributed by atoms with Crippen LogP contribution in [0.2, 0.25) is 0 Å². The number of carbonyl (C=O) groups excluding carboxylic acids is 2. The predicted octanol–water partition coefficient (Wildman–Crippen LogP) is 0.182. The highest BCUT2D eigenvalue weighted by atomic mass is 16.7. The average molecular weight is 155 g/mol. The monoisotopic (exact) mass is 155 g/mol. The van der Waals surface area contributed by atoms with Crippen molar-refractivity contribution in [3.05, 3.63) is 12.2 Å². The first kappa shape index (κ1) is 7.78. The van der Waals surface area contributed by atoms with Crippen LogP contribution in [0.15, 0.2) is 5.57 Å². The van der Waals surface area contributed by atoms with Crippen LogP contribution in [0.5, 0.6) is 0 Å². The molecule has 0 N–H and O–H groups in total. The van der Waals surface area contributed by atoms with E-state index in [-0.39, 0.29) is 0 Å². The molecular weight excluding hydrogens is 148 g/mol. The molecule has 0 bridgehead atoms. The van der Waals surface area contributed by atoms with Gasteiger partial charge in [0.05, 0.1) is 0 Å². The number of rotatable bonds is 0. The molecule has 1 saturated heterocycles. The third kappa shape index (κ3) is 1.39. The molecule has 4 heteroatoms. The van der Waals surface area contributed by atoms with Crippen LogP contribution in [0.25, 0.3) is 0 Å². The second kappa shape index (κ2) is 2.08. The highest BCUT2D eigenvalue weighted by Gasteiger charge is 2.37. The van der Waals surface area contributed by atoms with Crippen LogP contribution in [0.4, 0.5) is 0 Å². The van der Waals surface area contributed by atoms with E-state index >= 15 is 0 Å². The molecule has 59 valence electrons. The molecule has 0 amide bonds. The molecule has 0 saturated carbocycles. The van der Waals surface area contributed by atoms with Gasteiger partial charge in [0, 0.05) is 13.8 Å². The van der Waals surface area contributed by atoms with Gasteiger partial charge in [0.15, 0.2) is 0 Å². The van der Waals surface area contributed by atoms with Crippen LogP contribution in [0, 0.1) is 6.58 Å². The summed E-state index contributed by atoms with van der Waals surface area (Å²) in [6, 6.07) is 0. The fraction of sp³-hybridized carbons (Fsp3) is 0.429. The zero-order valence-corrected chi connectivity index (χ0v) is 6.21. The maximum atomic E-state index is 10.7. The van der Waals surface area contributed by atoms with E-state index in [1.807, 2.05) is 0 Å². The van der Waals surface area contributed by atoms with Crippen molar-refractivity contribution in [3.63, 3.8) is 0 Å². The second-order valence-corrected chi connectivity index (χ2v) is 2.59. The van der Waals surface area contributed by atoms with Crippen LogP contribution < -0.4 is 0 Å². The summed E-state index contributed by atoms with van der Waals surface area (Å²) < 4.78 is 9.22. The first-order chi connectivity index (χ1) is 4.92. The second-order valence-electron chi connectivity index (χ2n) is 2.59. The molecule has 1 heterocycles. The zero-order chi connectivity index (χ0) is 8.65. The normalized spacial score (nSPS) is 22.5. The third-order valence-corrected chi connectivity index (χ3v) is 1.12. The lowest BCUT2D eigenvalue weighted by molar-refractivity contribution is -0.222. The Morgan fingerprint density at radius 1 is 1.18 bits per heavy atom. The number of carbonyl (C=O) groups is 2. The maximum Gasteiger partial charge on any atom is 0.348 e. The SMILES string of the molecule is [CH]=C1C(=O)OC(C)(C)OC1=O. The van der Waals surface area contributed by atoms with Gasteiger partial charge in [-0.3, -0.25) is 0 Å². The molecule has 1 radical (unpaired) electrons. The Morgan fingerprint density at radius 2 is 1.55 bits per heavy atom. The molecule has 0 unspecified atom stereocenters. The summed E-state index contributed by atoms with van der Waals surface area (Å²) in [6.45, 7) is 7.92. The lowest BCUT2D eigenvalue weighted by atomic mass is 10.2. The van der Waals surface area contributed by atoms with Gasteiger partial charge < -0.3 is 9.47 Å². The highest BCUT2D eigenvalue weighted by molar-refractivity contribution is 6.14. The highest BCUT2D eigenvalue weighted by Crippen LogP contribution is 2.20. The standard InChI is InChI=1S/C7H7O4/c1-4-5(8)10-7(2,3)11-6(4)9/h1H,2-3H3. The van der Waals surface area contributed by atoms with Crippen molar-refractivity contribution < 1.29 is 19.1 Å². The maximum absolute atomic E-state index is 10.7. The first-order valence-corrected chi connectivity index (χ1v) is 3.01. The number of hydrogen-bond donors (Lipinski definition) is 0. The van der Waals surface area contributed by atoms with E-state index in [2.05, 4.69) is 9.47 Å². The van der Waals surface area contributed by atoms with Gasteiger partial charge in [0.2, 0.25) is 0 Å². The molecule has 1 aliphatic heterocycles. The van der Waals surface area contributed by atoms with Gasteiger partial charge in [-0.2, -0.15) is 0 Å². The van der Waals surface area contributed by atoms with Gasteiger partial charge in [-0.15, -0.1) is 0 Å². The van der Waals surface area contributed by atoms with Crippen molar-refractivity contribution in [1.82, 2.24) is 0 Å². The Labute approximate surface area is 63.8 Å². The summed E-state index contributed by atoms with van der Waals surface area (Å²) >= 11 is 0. The Kier molecular flexibility index (Phi) is 1.47. The summed E-state index contributed by atoms with van der Waals surface area (Å²) in [5.74, 6) is -2.85. The van der Waals surface area contributed by atoms with E-state index in [0.717, 1.165) is 0 Å². The molecule has 1 aliphatic rings. The molecule has 4 nitrogen and oxygen atoms in total. The van der Waals surface area contributed by atoms with Gasteiger partial charge in [0.1, 0.15) is 5.57 Å². The molecule has 0 aromatic rings. The smallest absolute Gasteiger partial charge is 0.348 e. The van der Waals surface area contributed by atoms with Crippen molar-refractivity contribution in [3.8, 4) is 0 Å². The number of hydrogen-bond acceptors (Lipinski definition) is 4. The average Bonchev–Trinajstić information content (AvgIpc) is 1.81. The van der Waals surface area contributed by atoms with E-state index in [4.69, 9.17) is 6.58 Å². The van der Waals surface area contributed by atoms with Crippen molar-refractivity contribution >= 4 is 11.9 Å². The minimum Gasteiger partial charge on any atom is -0.419 e. The summed E-state index contributed by atoms with van der Waals surface area (Å²) in [5, 5.41) is 0. The van der Waals surface area contributed by atoms with E-state index in [0.29, 0.717) is 0 Å². The molecule has 1 fully saturated rings. The van der Waals surface area contributed by atoms with E-state index in [1.165, 1.54) is 13.8 Å². The summed E-state index contributed by atoms with van der Waals surface area (Å²) in [4.78, 5) is 21.5. The summed E-state index contributed by atoms with van der Waals surface area (Å²) in [7, 11) is 0. The Morgan fingerprint density at radius 3 is 1.91 bits per heavy atom. The largest absolute Gasteiger partial charge is 0.419 e. The number of cyclic esters (lactones) is 2. The molecule has 0 aliphatic carbocycles. The molecular formula is C7H7O4. The van der Waals surface area contributed by atoms with E-state index < -0.39 is 23.3 Å². The van der Waals surface area contributed by atoms with Crippen molar-refractivity contribution in [2.24, 2.45) is 0 Å². The van der Waals surface area contributed by atoms with Crippen LogP contribution in [0.1, 0.15) is 13.8 Å². The fourth-order valence-electron chi connectivity index (χ4n) is 0.661. The Bertz CT molecular complexity index is 217. The lowest BCUT2D eigenvalue weighted by Gasteiger charge is -2.29. The topological polar surface area (TPSA) is 52.6 Å². The van der Waals surface area contributed by atoms with Crippen LogP contribution in [0.3, 0.4) is 0 Å². The summed E-state index contributed by atoms with van der Waals surface area (Å²) in [5.41, 5.74) is -0.510. The molecule has 11 heavy (non-hydrogen) atoms. The van der Waals surface area contributed by atoms with Crippen LogP contribution in [-0.4, -0.2) is 17.7 Å². The molecule has 0 aromatic heterocycles. The number of ether oxygens (including phenoxy) is 2. The van der Waals surface area contributed by atoms with Gasteiger partial charge >= 0.3 is 11.9 Å². The van der Waals surface area contributed by atoms with Crippen LogP contribution >= 0.6 is 0 Å². The minimum atomic E-state index is -1.20. The van der Waals surface area contributed by atoms with Gasteiger partial charge in [-0.25, -0.2) is 9.59 Å². The van der Waals surface area contributed by atoms with Crippen molar-refractivity contribution in [2.75, 3.05) is 0 Å². The fourth-order valence-corrected chi connectivity index (χ4v) is 0.661. The van der Waals surface area contributed by atoms with Crippen molar-refractivity contribution in [2.45, 2.75) is 19.6 Å². The summed E-state index contributed by atoms with van der Waals surface area (Å²) in [6.07, 6.45) is 0. The molecule has 1 rings (SSSR count). The molecule has 0 atom stereocenters.